The van der Waals surface area contributed by atoms with Crippen LogP contribution in [0.2, 0.25) is 0 Å². The zero-order valence-electron chi connectivity index (χ0n) is 9.66. The molecular formula is C10H7BrN4O2S2. The first-order valence-corrected chi connectivity index (χ1v) is 7.81. The topological polar surface area (TPSA) is 77.8 Å². The molecular weight excluding hydrogens is 352 g/mol. The lowest BCUT2D eigenvalue weighted by atomic mass is 10.5. The molecule has 6 nitrogen and oxygen atoms in total. The zero-order chi connectivity index (χ0) is 13.2. The van der Waals surface area contributed by atoms with Gasteiger partial charge in [-0.2, -0.15) is 0 Å². The van der Waals surface area contributed by atoms with Gasteiger partial charge in [0.15, 0.2) is 14.8 Å². The number of aryl methyl sites for hydroxylation is 1. The van der Waals surface area contributed by atoms with Gasteiger partial charge in [-0.3, -0.25) is 0 Å². The van der Waals surface area contributed by atoms with Crippen molar-refractivity contribution in [2.24, 2.45) is 0 Å². The largest absolute Gasteiger partial charge is 0.444 e. The van der Waals surface area contributed by atoms with Crippen LogP contribution < -0.4 is 0 Å². The normalized spacial score (nSPS) is 11.1. The highest BCUT2D eigenvalue weighted by Gasteiger charge is 2.13. The first-order valence-electron chi connectivity index (χ1n) is 5.22. The van der Waals surface area contributed by atoms with Crippen molar-refractivity contribution in [1.82, 2.24) is 20.4 Å². The molecule has 9 heteroatoms. The van der Waals surface area contributed by atoms with E-state index in [9.17, 15) is 0 Å². The molecule has 0 radical (unpaired) electrons. The van der Waals surface area contributed by atoms with Crippen molar-refractivity contribution >= 4 is 39.0 Å². The Hall–Kier alpha value is -1.19. The molecule has 3 aromatic heterocycles. The number of hydrogen-bond donors (Lipinski definition) is 0. The maximum atomic E-state index is 5.51. The highest BCUT2D eigenvalue weighted by molar-refractivity contribution is 9.10. The summed E-state index contributed by atoms with van der Waals surface area (Å²) in [5, 5.41) is 16.8. The number of aromatic nitrogens is 4. The summed E-state index contributed by atoms with van der Waals surface area (Å²) >= 11 is 6.28. The van der Waals surface area contributed by atoms with Crippen LogP contribution in [-0.2, 0) is 5.75 Å². The van der Waals surface area contributed by atoms with E-state index in [1.807, 2.05) is 6.92 Å². The zero-order valence-corrected chi connectivity index (χ0v) is 12.9. The molecule has 0 bridgehead atoms. The molecule has 19 heavy (non-hydrogen) atoms. The SMILES string of the molecule is Cc1nnc(SCc2nnc(-c3ccc(Br)o3)o2)s1. The third-order valence-corrected chi connectivity index (χ3v) is 4.46. The maximum absolute atomic E-state index is 5.51. The van der Waals surface area contributed by atoms with E-state index >= 15 is 0 Å². The number of furan rings is 1. The summed E-state index contributed by atoms with van der Waals surface area (Å²) in [5.74, 6) is 2.00. The lowest BCUT2D eigenvalue weighted by Crippen LogP contribution is -1.80. The second-order valence-corrected chi connectivity index (χ2v) is 6.67. The summed E-state index contributed by atoms with van der Waals surface area (Å²) in [7, 11) is 0. The molecule has 0 aliphatic heterocycles. The number of rotatable bonds is 4. The van der Waals surface area contributed by atoms with Crippen LogP contribution in [0.4, 0.5) is 0 Å². The Morgan fingerprint density at radius 1 is 1.21 bits per heavy atom. The van der Waals surface area contributed by atoms with Gasteiger partial charge in [-0.1, -0.05) is 23.1 Å². The lowest BCUT2D eigenvalue weighted by molar-refractivity contribution is 0.486. The van der Waals surface area contributed by atoms with Crippen molar-refractivity contribution < 1.29 is 8.83 Å². The second-order valence-electron chi connectivity index (χ2n) is 3.48. The summed E-state index contributed by atoms with van der Waals surface area (Å²) < 4.78 is 12.4. The van der Waals surface area contributed by atoms with Crippen molar-refractivity contribution in [1.29, 1.82) is 0 Å². The fourth-order valence-electron chi connectivity index (χ4n) is 1.30. The van der Waals surface area contributed by atoms with Crippen LogP contribution in [-0.4, -0.2) is 20.4 Å². The number of thioether (sulfide) groups is 1. The Labute approximate surface area is 124 Å². The van der Waals surface area contributed by atoms with Gasteiger partial charge in [-0.25, -0.2) is 0 Å². The predicted molar refractivity (Wildman–Crippen MR) is 73.9 cm³/mol. The molecule has 3 heterocycles. The van der Waals surface area contributed by atoms with Crippen LogP contribution in [0.1, 0.15) is 10.9 Å². The Bertz CT molecular complexity index is 693. The summed E-state index contributed by atoms with van der Waals surface area (Å²) in [6.07, 6.45) is 0. The summed E-state index contributed by atoms with van der Waals surface area (Å²) in [6, 6.07) is 3.54. The van der Waals surface area contributed by atoms with Crippen LogP contribution in [0, 0.1) is 6.92 Å². The van der Waals surface area contributed by atoms with Crippen LogP contribution >= 0.6 is 39.0 Å². The Morgan fingerprint density at radius 2 is 2.11 bits per heavy atom. The molecule has 0 amide bonds. The molecule has 3 aromatic rings. The average molecular weight is 359 g/mol. The third kappa shape index (κ3) is 3.04. The summed E-state index contributed by atoms with van der Waals surface area (Å²) in [6.45, 7) is 1.92. The molecule has 0 atom stereocenters. The molecule has 0 aliphatic carbocycles. The molecule has 0 fully saturated rings. The van der Waals surface area contributed by atoms with Gasteiger partial charge in [-0.05, 0) is 35.0 Å². The Kier molecular flexibility index (Phi) is 3.67. The Morgan fingerprint density at radius 3 is 2.79 bits per heavy atom. The third-order valence-electron chi connectivity index (χ3n) is 2.08. The van der Waals surface area contributed by atoms with E-state index in [1.165, 1.54) is 23.1 Å². The minimum atomic E-state index is 0.370. The molecule has 0 aromatic carbocycles. The first-order chi connectivity index (χ1) is 9.20. The minimum absolute atomic E-state index is 0.370. The van der Waals surface area contributed by atoms with Gasteiger partial charge >= 0.3 is 0 Å². The highest BCUT2D eigenvalue weighted by Crippen LogP contribution is 2.27. The molecule has 0 spiro atoms. The molecule has 0 aliphatic rings. The number of hydrogen-bond acceptors (Lipinski definition) is 8. The van der Waals surface area contributed by atoms with Crippen molar-refractivity contribution in [2.75, 3.05) is 0 Å². The van der Waals surface area contributed by atoms with E-state index in [0.29, 0.717) is 28.0 Å². The van der Waals surface area contributed by atoms with Crippen molar-refractivity contribution in [2.45, 2.75) is 17.0 Å². The van der Waals surface area contributed by atoms with Crippen molar-refractivity contribution in [3.8, 4) is 11.7 Å². The summed E-state index contributed by atoms with van der Waals surface area (Å²) in [5.41, 5.74) is 0. The van der Waals surface area contributed by atoms with E-state index < -0.39 is 0 Å². The van der Waals surface area contributed by atoms with Gasteiger partial charge in [0.25, 0.3) is 5.89 Å². The van der Waals surface area contributed by atoms with E-state index in [0.717, 1.165) is 9.35 Å². The number of halogens is 1. The fourth-order valence-corrected chi connectivity index (χ4v) is 3.26. The molecule has 0 saturated heterocycles. The monoisotopic (exact) mass is 358 g/mol. The quantitative estimate of drug-likeness (QED) is 0.659. The van der Waals surface area contributed by atoms with Gasteiger partial charge in [0, 0.05) is 0 Å². The molecule has 98 valence electrons. The van der Waals surface area contributed by atoms with E-state index in [-0.39, 0.29) is 0 Å². The van der Waals surface area contributed by atoms with Crippen LogP contribution in [0.25, 0.3) is 11.7 Å². The molecule has 3 rings (SSSR count). The van der Waals surface area contributed by atoms with Crippen LogP contribution in [0.15, 0.2) is 30.0 Å². The number of nitrogens with zero attached hydrogens (tertiary/aromatic N) is 4. The first kappa shape index (κ1) is 12.8. The maximum Gasteiger partial charge on any atom is 0.283 e. The van der Waals surface area contributed by atoms with Crippen LogP contribution in [0.5, 0.6) is 0 Å². The minimum Gasteiger partial charge on any atom is -0.444 e. The standard InChI is InChI=1S/C10H7BrN4O2S2/c1-5-12-15-10(19-5)18-4-8-13-14-9(17-8)6-2-3-7(11)16-6/h2-3H,4H2,1H3. The second kappa shape index (κ2) is 5.43. The summed E-state index contributed by atoms with van der Waals surface area (Å²) in [4.78, 5) is 0. The molecule has 0 saturated carbocycles. The van der Waals surface area contributed by atoms with E-state index in [1.54, 1.807) is 12.1 Å². The average Bonchev–Trinajstić information content (AvgIpc) is 3.07. The molecule has 0 N–H and O–H groups in total. The van der Waals surface area contributed by atoms with E-state index in [4.69, 9.17) is 8.83 Å². The van der Waals surface area contributed by atoms with Gasteiger partial charge in [-0.15, -0.1) is 20.4 Å². The van der Waals surface area contributed by atoms with E-state index in [2.05, 4.69) is 36.3 Å². The van der Waals surface area contributed by atoms with Gasteiger partial charge in [0.2, 0.25) is 5.89 Å². The van der Waals surface area contributed by atoms with Gasteiger partial charge < -0.3 is 8.83 Å². The van der Waals surface area contributed by atoms with Gasteiger partial charge in [0.05, 0.1) is 5.75 Å². The molecule has 0 unspecified atom stereocenters. The van der Waals surface area contributed by atoms with Gasteiger partial charge in [0.1, 0.15) is 5.01 Å². The smallest absolute Gasteiger partial charge is 0.283 e. The van der Waals surface area contributed by atoms with Crippen LogP contribution in [0.3, 0.4) is 0 Å². The lowest BCUT2D eigenvalue weighted by Gasteiger charge is -1.90. The Balaban J connectivity index is 1.68. The van der Waals surface area contributed by atoms with Crippen molar-refractivity contribution in [3.05, 3.63) is 27.7 Å². The van der Waals surface area contributed by atoms with Crippen molar-refractivity contribution in [3.63, 3.8) is 0 Å². The highest BCUT2D eigenvalue weighted by atomic mass is 79.9. The fraction of sp³-hybridized carbons (Fsp3) is 0.200. The predicted octanol–water partition coefficient (Wildman–Crippen LogP) is 3.54.